The fraction of sp³-hybridized carbons (Fsp3) is 0.529. The third-order valence-electron chi connectivity index (χ3n) is 8.43. The number of nitrogens with one attached hydrogen (secondary N) is 2. The Hall–Kier alpha value is -4.58. The van der Waals surface area contributed by atoms with Gasteiger partial charge in [0.25, 0.3) is 0 Å². The van der Waals surface area contributed by atoms with E-state index in [4.69, 9.17) is 23.9 Å². The molecule has 5 rings (SSSR count). The fourth-order valence-electron chi connectivity index (χ4n) is 5.90. The van der Waals surface area contributed by atoms with Crippen LogP contribution in [0.1, 0.15) is 44.6 Å². The zero-order valence-electron chi connectivity index (χ0n) is 28.0. The number of nitrogens with zero attached hydrogens (tertiary/aromatic N) is 8. The molecular weight excluding hydrogens is 612 g/mol. The van der Waals surface area contributed by atoms with Crippen LogP contribution >= 0.6 is 0 Å². The van der Waals surface area contributed by atoms with Crippen LogP contribution in [-0.4, -0.2) is 108 Å². The highest BCUT2D eigenvalue weighted by molar-refractivity contribution is 5.83. The molecule has 0 spiro atoms. The van der Waals surface area contributed by atoms with Crippen molar-refractivity contribution in [3.05, 3.63) is 60.4 Å². The maximum absolute atomic E-state index is 9.68. The predicted molar refractivity (Wildman–Crippen MR) is 181 cm³/mol. The molecule has 1 saturated carbocycles. The molecule has 3 heterocycles. The van der Waals surface area contributed by atoms with E-state index in [-0.39, 0.29) is 12.1 Å². The number of nitriles is 1. The molecule has 0 radical (unpaired) electrons. The average molecular weight is 659 g/mol. The molecule has 48 heavy (non-hydrogen) atoms. The van der Waals surface area contributed by atoms with E-state index in [1.165, 1.54) is 6.33 Å². The molecule has 256 valence electrons. The second-order valence-electron chi connectivity index (χ2n) is 11.9. The first kappa shape index (κ1) is 34.7. The molecule has 3 aromatic rings. The molecule has 2 N–H and O–H groups in total. The summed E-state index contributed by atoms with van der Waals surface area (Å²) < 4.78 is 24.6. The maximum atomic E-state index is 9.68. The third kappa shape index (κ3) is 9.96. The van der Waals surface area contributed by atoms with E-state index >= 15 is 0 Å². The lowest BCUT2D eigenvalue weighted by Crippen LogP contribution is -2.45. The Bertz CT molecular complexity index is 1510. The Balaban J connectivity index is 1.27. The van der Waals surface area contributed by atoms with Gasteiger partial charge < -0.3 is 29.6 Å². The number of hydrogen-bond donors (Lipinski definition) is 2. The van der Waals surface area contributed by atoms with E-state index < -0.39 is 0 Å². The Kier molecular flexibility index (Phi) is 13.1. The minimum Gasteiger partial charge on any atom is -0.487 e. The zero-order chi connectivity index (χ0) is 33.6. The summed E-state index contributed by atoms with van der Waals surface area (Å²) in [6, 6.07) is 8.49. The van der Waals surface area contributed by atoms with E-state index in [9.17, 15) is 5.26 Å². The van der Waals surface area contributed by atoms with Crippen molar-refractivity contribution in [2.75, 3.05) is 59.0 Å². The van der Waals surface area contributed by atoms with E-state index in [2.05, 4.69) is 41.7 Å². The van der Waals surface area contributed by atoms with Gasteiger partial charge in [-0.15, -0.1) is 0 Å². The summed E-state index contributed by atoms with van der Waals surface area (Å²) in [7, 11) is 3.49. The monoisotopic (exact) mass is 658 g/mol. The van der Waals surface area contributed by atoms with Crippen LogP contribution in [0.3, 0.4) is 0 Å². The molecule has 2 aliphatic rings. The van der Waals surface area contributed by atoms with Gasteiger partial charge in [-0.3, -0.25) is 9.89 Å². The molecular formula is C34H46N10O4. The average Bonchev–Trinajstić information content (AvgIpc) is 3.64. The van der Waals surface area contributed by atoms with Gasteiger partial charge in [-0.25, -0.2) is 19.6 Å². The van der Waals surface area contributed by atoms with E-state index in [0.29, 0.717) is 54.6 Å². The summed E-state index contributed by atoms with van der Waals surface area (Å²) in [5.74, 6) is 1.43. The minimum absolute atomic E-state index is 0.235. The Morgan fingerprint density at radius 3 is 2.62 bits per heavy atom. The predicted octanol–water partition coefficient (Wildman–Crippen LogP) is 3.64. The quantitative estimate of drug-likeness (QED) is 0.131. The lowest BCUT2D eigenvalue weighted by Gasteiger charge is -2.38. The standard InChI is InChI=1S/C34H46N10O4/c1-25(22-44-24-37-23-41-44)48-32-17-26(5-6-27(32)18-35)28-19-39-34(40-20-28)42-31(33(36-2)47-14-4-13-45-3)21-38-29-7-9-30(10-8-29)43-11-15-46-16-12-43/h5-6,17,19-21,23-25,29-30,36H,4,7-16,22H2,1-3H3,(H,39,40,42)/b33-31-,38-21?/t25-,29?,30?/m0/s1. The lowest BCUT2D eigenvalue weighted by atomic mass is 9.90. The van der Waals surface area contributed by atoms with Crippen molar-refractivity contribution < 1.29 is 18.9 Å². The highest BCUT2D eigenvalue weighted by Gasteiger charge is 2.26. The number of ether oxygens (including phenoxy) is 4. The fourth-order valence-corrected chi connectivity index (χ4v) is 5.90. The molecule has 2 fully saturated rings. The molecule has 1 saturated heterocycles. The number of morpholine rings is 1. The lowest BCUT2D eigenvalue weighted by molar-refractivity contribution is 0.00755. The number of benzene rings is 1. The van der Waals surface area contributed by atoms with E-state index in [1.54, 1.807) is 36.6 Å². The number of rotatable bonds is 16. The van der Waals surface area contributed by atoms with Gasteiger partial charge in [-0.1, -0.05) is 6.07 Å². The molecule has 14 heteroatoms. The van der Waals surface area contributed by atoms with Gasteiger partial charge in [0.05, 0.1) is 44.2 Å². The van der Waals surface area contributed by atoms with Crippen LogP contribution in [0.5, 0.6) is 5.75 Å². The molecule has 1 aliphatic heterocycles. The van der Waals surface area contributed by atoms with Crippen LogP contribution in [0, 0.1) is 11.3 Å². The van der Waals surface area contributed by atoms with Crippen LogP contribution in [0.25, 0.3) is 11.1 Å². The summed E-state index contributed by atoms with van der Waals surface area (Å²) in [6.45, 7) is 7.19. The van der Waals surface area contributed by atoms with Gasteiger partial charge in [-0.2, -0.15) is 10.4 Å². The second-order valence-corrected chi connectivity index (χ2v) is 11.9. The summed E-state index contributed by atoms with van der Waals surface area (Å²) in [4.78, 5) is 20.7. The Morgan fingerprint density at radius 2 is 1.94 bits per heavy atom. The van der Waals surface area contributed by atoms with Gasteiger partial charge in [-0.05, 0) is 50.3 Å². The van der Waals surface area contributed by atoms with Gasteiger partial charge >= 0.3 is 0 Å². The van der Waals surface area contributed by atoms with Crippen molar-refractivity contribution in [2.24, 2.45) is 4.99 Å². The molecule has 1 aliphatic carbocycles. The third-order valence-corrected chi connectivity index (χ3v) is 8.43. The van der Waals surface area contributed by atoms with Crippen molar-refractivity contribution in [1.82, 2.24) is 34.9 Å². The molecule has 0 bridgehead atoms. The molecule has 0 unspecified atom stereocenters. The SMILES string of the molecule is CN/C(OCCCOC)=C(\C=NC1CCC(N2CCOCC2)CC1)Nc1ncc(-c2ccc(C#N)c(O[C@@H](C)Cn3cncn3)c2)cn1. The van der Waals surface area contributed by atoms with Crippen molar-refractivity contribution >= 4 is 12.2 Å². The van der Waals surface area contributed by atoms with Crippen LogP contribution in [0.4, 0.5) is 5.95 Å². The molecule has 0 amide bonds. The largest absolute Gasteiger partial charge is 0.487 e. The first-order valence-corrected chi connectivity index (χ1v) is 16.6. The second kappa shape index (κ2) is 18.1. The normalized spacial score (nSPS) is 19.7. The van der Waals surface area contributed by atoms with Crippen molar-refractivity contribution in [2.45, 2.75) is 63.8 Å². The Morgan fingerprint density at radius 1 is 1.15 bits per heavy atom. The maximum Gasteiger partial charge on any atom is 0.227 e. The number of methoxy groups -OCH3 is 1. The highest BCUT2D eigenvalue weighted by atomic mass is 16.5. The van der Waals surface area contributed by atoms with Crippen LogP contribution in [0.15, 0.2) is 59.8 Å². The van der Waals surface area contributed by atoms with Crippen molar-refractivity contribution in [1.29, 1.82) is 5.26 Å². The summed E-state index contributed by atoms with van der Waals surface area (Å²) in [5.41, 5.74) is 2.69. The Labute approximate surface area is 282 Å². The van der Waals surface area contributed by atoms with Crippen molar-refractivity contribution in [3.8, 4) is 22.9 Å². The summed E-state index contributed by atoms with van der Waals surface area (Å²) in [5, 5.41) is 20.3. The van der Waals surface area contributed by atoms with Gasteiger partial charge in [0.15, 0.2) is 0 Å². The van der Waals surface area contributed by atoms with Crippen LogP contribution in [-0.2, 0) is 20.8 Å². The minimum atomic E-state index is -0.235. The number of anilines is 1. The number of hydrogen-bond acceptors (Lipinski definition) is 13. The topological polar surface area (TPSA) is 157 Å². The van der Waals surface area contributed by atoms with Gasteiger partial charge in [0.1, 0.15) is 36.3 Å². The number of aromatic nitrogens is 5. The molecule has 14 nitrogen and oxygen atoms in total. The van der Waals surface area contributed by atoms with Gasteiger partial charge in [0.2, 0.25) is 11.8 Å². The number of aliphatic imine (C=N–C) groups is 1. The highest BCUT2D eigenvalue weighted by Crippen LogP contribution is 2.28. The molecule has 1 atom stereocenters. The first-order chi connectivity index (χ1) is 23.6. The zero-order valence-corrected chi connectivity index (χ0v) is 28.0. The van der Waals surface area contributed by atoms with Gasteiger partial charge in [0, 0.05) is 64.3 Å². The number of allylic oxidation sites excluding steroid dienone is 1. The van der Waals surface area contributed by atoms with Crippen LogP contribution in [0.2, 0.25) is 0 Å². The first-order valence-electron chi connectivity index (χ1n) is 16.6. The molecule has 2 aromatic heterocycles. The van der Waals surface area contributed by atoms with Crippen LogP contribution < -0.4 is 15.4 Å². The molecule has 1 aromatic carbocycles. The van der Waals surface area contributed by atoms with Crippen molar-refractivity contribution in [3.63, 3.8) is 0 Å². The van der Waals surface area contributed by atoms with E-state index in [0.717, 1.165) is 69.5 Å². The summed E-state index contributed by atoms with van der Waals surface area (Å²) in [6.07, 6.45) is 13.3. The van der Waals surface area contributed by atoms with E-state index in [1.807, 2.05) is 32.3 Å². The smallest absolute Gasteiger partial charge is 0.227 e. The summed E-state index contributed by atoms with van der Waals surface area (Å²) >= 11 is 0.